The molecule has 5 heteroatoms. The highest BCUT2D eigenvalue weighted by molar-refractivity contribution is 5.43. The van der Waals surface area contributed by atoms with Crippen molar-refractivity contribution < 1.29 is 0 Å². The van der Waals surface area contributed by atoms with E-state index >= 15 is 0 Å². The van der Waals surface area contributed by atoms with Crippen molar-refractivity contribution in [2.75, 3.05) is 11.4 Å². The van der Waals surface area contributed by atoms with Crippen LogP contribution in [-0.2, 0) is 20.0 Å². The summed E-state index contributed by atoms with van der Waals surface area (Å²) < 4.78 is 1.07. The van der Waals surface area contributed by atoms with Gasteiger partial charge in [0.2, 0.25) is 0 Å². The maximum Gasteiger partial charge on any atom is 0.329 e. The Hall–Kier alpha value is -2.30. The average molecular weight is 257 g/mol. The lowest BCUT2D eigenvalue weighted by atomic mass is 10.00. The summed E-state index contributed by atoms with van der Waals surface area (Å²) in [6, 6.07) is 9.74. The fourth-order valence-electron chi connectivity index (χ4n) is 2.42. The van der Waals surface area contributed by atoms with Crippen LogP contribution in [0.2, 0.25) is 0 Å². The lowest BCUT2D eigenvalue weighted by molar-refractivity contribution is 0.698. The zero-order valence-electron chi connectivity index (χ0n) is 10.7. The topological polar surface area (TPSA) is 58.1 Å². The van der Waals surface area contributed by atoms with Crippen LogP contribution in [0.25, 0.3) is 0 Å². The van der Waals surface area contributed by atoms with Gasteiger partial charge in [-0.2, -0.15) is 0 Å². The first-order valence-corrected chi connectivity index (χ1v) is 6.27. The second-order valence-electron chi connectivity index (χ2n) is 4.80. The molecule has 2 heterocycles. The third-order valence-corrected chi connectivity index (χ3v) is 3.60. The number of aromatic amines is 1. The molecule has 0 radical (unpaired) electrons. The molecule has 19 heavy (non-hydrogen) atoms. The summed E-state index contributed by atoms with van der Waals surface area (Å²) in [5.74, 6) is 0.600. The number of nitrogens with one attached hydrogen (secondary N) is 1. The van der Waals surface area contributed by atoms with Crippen LogP contribution in [0.3, 0.4) is 0 Å². The Balaban J connectivity index is 1.98. The molecule has 1 aliphatic heterocycles. The van der Waals surface area contributed by atoms with Crippen LogP contribution in [0, 0.1) is 0 Å². The molecule has 3 rings (SSSR count). The van der Waals surface area contributed by atoms with Gasteiger partial charge in [-0.25, -0.2) is 4.79 Å². The van der Waals surface area contributed by atoms with Crippen molar-refractivity contribution in [2.24, 2.45) is 7.05 Å². The Labute approximate surface area is 110 Å². The molecule has 1 aromatic heterocycles. The van der Waals surface area contributed by atoms with E-state index in [0.29, 0.717) is 5.82 Å². The fraction of sp³-hybridized carbons (Fsp3) is 0.286. The summed E-state index contributed by atoms with van der Waals surface area (Å²) in [6.45, 7) is 1.53. The van der Waals surface area contributed by atoms with Gasteiger partial charge in [-0.1, -0.05) is 24.3 Å². The van der Waals surface area contributed by atoms with Gasteiger partial charge in [-0.05, 0) is 17.5 Å². The average Bonchev–Trinajstić information content (AvgIpc) is 2.43. The van der Waals surface area contributed by atoms with E-state index in [9.17, 15) is 9.59 Å². The maximum atomic E-state index is 11.7. The van der Waals surface area contributed by atoms with E-state index in [1.165, 1.54) is 24.2 Å². The van der Waals surface area contributed by atoms with Crippen LogP contribution in [0.4, 0.5) is 5.82 Å². The lowest BCUT2D eigenvalue weighted by Crippen LogP contribution is -2.37. The fourth-order valence-corrected chi connectivity index (χ4v) is 2.42. The van der Waals surface area contributed by atoms with Gasteiger partial charge >= 0.3 is 5.69 Å². The molecule has 5 nitrogen and oxygen atoms in total. The Morgan fingerprint density at radius 2 is 1.89 bits per heavy atom. The smallest absolute Gasteiger partial charge is 0.329 e. The first kappa shape index (κ1) is 11.8. The van der Waals surface area contributed by atoms with Gasteiger partial charge in [0.15, 0.2) is 0 Å². The van der Waals surface area contributed by atoms with E-state index in [4.69, 9.17) is 0 Å². The summed E-state index contributed by atoms with van der Waals surface area (Å²) in [7, 11) is 1.47. The molecule has 0 unspecified atom stereocenters. The van der Waals surface area contributed by atoms with E-state index in [-0.39, 0.29) is 11.2 Å². The quantitative estimate of drug-likeness (QED) is 0.815. The van der Waals surface area contributed by atoms with Crippen molar-refractivity contribution in [3.05, 3.63) is 62.3 Å². The van der Waals surface area contributed by atoms with E-state index in [1.807, 2.05) is 17.0 Å². The number of rotatable bonds is 1. The molecule has 0 saturated carbocycles. The number of anilines is 1. The zero-order chi connectivity index (χ0) is 13.4. The summed E-state index contributed by atoms with van der Waals surface area (Å²) in [4.78, 5) is 28.1. The molecule has 1 aromatic carbocycles. The monoisotopic (exact) mass is 257 g/mol. The number of fused-ring (bicyclic) bond motifs is 1. The SMILES string of the molecule is Cn1c(=O)cc(N2CCc3ccccc3C2)[nH]c1=O. The van der Waals surface area contributed by atoms with Crippen LogP contribution in [0.1, 0.15) is 11.1 Å². The Morgan fingerprint density at radius 1 is 1.16 bits per heavy atom. The van der Waals surface area contributed by atoms with Crippen LogP contribution < -0.4 is 16.1 Å². The number of benzene rings is 1. The Kier molecular flexibility index (Phi) is 2.74. The molecular formula is C14H15N3O2. The van der Waals surface area contributed by atoms with Gasteiger partial charge in [0.1, 0.15) is 5.82 Å². The van der Waals surface area contributed by atoms with Crippen LogP contribution in [-0.4, -0.2) is 16.1 Å². The second kappa shape index (κ2) is 4.42. The van der Waals surface area contributed by atoms with Crippen molar-refractivity contribution in [3.63, 3.8) is 0 Å². The molecule has 0 bridgehead atoms. The largest absolute Gasteiger partial charge is 0.353 e. The first-order chi connectivity index (χ1) is 9.15. The number of nitrogens with zero attached hydrogens (tertiary/aromatic N) is 2. The number of hydrogen-bond acceptors (Lipinski definition) is 3. The molecular weight excluding hydrogens is 242 g/mol. The number of hydrogen-bond donors (Lipinski definition) is 1. The molecule has 2 aromatic rings. The number of H-pyrrole nitrogens is 1. The minimum Gasteiger partial charge on any atom is -0.353 e. The molecule has 0 atom stereocenters. The summed E-state index contributed by atoms with van der Waals surface area (Å²) in [6.07, 6.45) is 0.924. The second-order valence-corrected chi connectivity index (χ2v) is 4.80. The van der Waals surface area contributed by atoms with Crippen molar-refractivity contribution in [2.45, 2.75) is 13.0 Å². The Bertz CT molecular complexity index is 699. The predicted molar refractivity (Wildman–Crippen MR) is 73.5 cm³/mol. The van der Waals surface area contributed by atoms with Crippen LogP contribution in [0.15, 0.2) is 39.9 Å². The standard InChI is InChI=1S/C14H15N3O2/c1-16-13(18)8-12(15-14(16)19)17-7-6-10-4-2-3-5-11(10)9-17/h2-5,8H,6-7,9H2,1H3,(H,15,19). The molecule has 0 spiro atoms. The van der Waals surface area contributed by atoms with Crippen LogP contribution >= 0.6 is 0 Å². The molecule has 98 valence electrons. The Morgan fingerprint density at radius 3 is 2.63 bits per heavy atom. The van der Waals surface area contributed by atoms with Gasteiger partial charge in [-0.3, -0.25) is 14.3 Å². The summed E-state index contributed by atoms with van der Waals surface area (Å²) in [5.41, 5.74) is 1.93. The zero-order valence-corrected chi connectivity index (χ0v) is 10.7. The molecule has 0 saturated heterocycles. The van der Waals surface area contributed by atoms with Crippen molar-refractivity contribution in [3.8, 4) is 0 Å². The van der Waals surface area contributed by atoms with E-state index in [0.717, 1.165) is 24.1 Å². The maximum absolute atomic E-state index is 11.7. The van der Waals surface area contributed by atoms with Gasteiger partial charge in [0, 0.05) is 26.2 Å². The minimum absolute atomic E-state index is 0.280. The highest BCUT2D eigenvalue weighted by atomic mass is 16.2. The highest BCUT2D eigenvalue weighted by Gasteiger charge is 2.17. The van der Waals surface area contributed by atoms with Gasteiger partial charge in [-0.15, -0.1) is 0 Å². The van der Waals surface area contributed by atoms with Gasteiger partial charge < -0.3 is 4.90 Å². The van der Waals surface area contributed by atoms with Crippen molar-refractivity contribution in [1.82, 2.24) is 9.55 Å². The minimum atomic E-state index is -0.374. The molecule has 0 aliphatic carbocycles. The molecule has 1 aliphatic rings. The van der Waals surface area contributed by atoms with E-state index in [2.05, 4.69) is 17.1 Å². The molecule has 0 fully saturated rings. The molecule has 0 amide bonds. The first-order valence-electron chi connectivity index (χ1n) is 6.27. The predicted octanol–water partition coefficient (Wildman–Crippen LogP) is 0.636. The summed E-state index contributed by atoms with van der Waals surface area (Å²) >= 11 is 0. The highest BCUT2D eigenvalue weighted by Crippen LogP contribution is 2.21. The van der Waals surface area contributed by atoms with Gasteiger partial charge in [0.05, 0.1) is 0 Å². The van der Waals surface area contributed by atoms with Crippen molar-refractivity contribution in [1.29, 1.82) is 0 Å². The van der Waals surface area contributed by atoms with Crippen LogP contribution in [0.5, 0.6) is 0 Å². The third kappa shape index (κ3) is 2.07. The van der Waals surface area contributed by atoms with E-state index in [1.54, 1.807) is 0 Å². The van der Waals surface area contributed by atoms with Gasteiger partial charge in [0.25, 0.3) is 5.56 Å². The van der Waals surface area contributed by atoms with Crippen molar-refractivity contribution >= 4 is 5.82 Å². The lowest BCUT2D eigenvalue weighted by Gasteiger charge is -2.30. The number of aromatic nitrogens is 2. The molecule has 1 N–H and O–H groups in total. The summed E-state index contributed by atoms with van der Waals surface area (Å²) in [5, 5.41) is 0. The van der Waals surface area contributed by atoms with E-state index < -0.39 is 0 Å². The normalized spacial score (nSPS) is 14.3. The third-order valence-electron chi connectivity index (χ3n) is 3.60.